The number of hydrogen-bond donors (Lipinski definition) is 0. The van der Waals surface area contributed by atoms with E-state index in [4.69, 9.17) is 0 Å². The van der Waals surface area contributed by atoms with Crippen LogP contribution in [0.3, 0.4) is 0 Å². The minimum absolute atomic E-state index is 0.0197. The second-order valence-electron chi connectivity index (χ2n) is 8.00. The number of nitrogens with zero attached hydrogens (tertiary/aromatic N) is 4. The number of piperidine rings is 1. The van der Waals surface area contributed by atoms with Crippen LogP contribution < -0.4 is 0 Å². The largest absolute Gasteiger partial charge is 0.344 e. The van der Waals surface area contributed by atoms with E-state index in [0.717, 1.165) is 28.8 Å². The Kier molecular flexibility index (Phi) is 5.08. The zero-order chi connectivity index (χ0) is 20.6. The minimum atomic E-state index is -0.117. The number of pyridine rings is 1. The van der Waals surface area contributed by atoms with Crippen molar-refractivity contribution in [3.8, 4) is 0 Å². The minimum Gasteiger partial charge on any atom is -0.344 e. The van der Waals surface area contributed by atoms with Gasteiger partial charge < -0.3 is 9.80 Å². The third-order valence-corrected chi connectivity index (χ3v) is 6.92. The highest BCUT2D eigenvalue weighted by atomic mass is 32.1. The number of rotatable bonds is 3. The summed E-state index contributed by atoms with van der Waals surface area (Å²) >= 11 is 1.47. The summed E-state index contributed by atoms with van der Waals surface area (Å²) in [6.07, 6.45) is 4.98. The van der Waals surface area contributed by atoms with Crippen LogP contribution >= 0.6 is 11.3 Å². The van der Waals surface area contributed by atoms with E-state index in [-0.39, 0.29) is 17.2 Å². The number of aromatic nitrogens is 2. The van der Waals surface area contributed by atoms with Gasteiger partial charge in [0.25, 0.3) is 11.8 Å². The van der Waals surface area contributed by atoms with Crippen LogP contribution in [-0.2, 0) is 5.41 Å². The molecule has 1 saturated heterocycles. The topological polar surface area (TPSA) is 66.4 Å². The third-order valence-electron chi connectivity index (χ3n) is 5.63. The molecule has 0 radical (unpaired) electrons. The Bertz CT molecular complexity index is 1070. The van der Waals surface area contributed by atoms with E-state index < -0.39 is 0 Å². The second-order valence-corrected chi connectivity index (χ2v) is 9.03. The van der Waals surface area contributed by atoms with Crippen molar-refractivity contribution in [1.29, 1.82) is 0 Å². The van der Waals surface area contributed by atoms with Crippen LogP contribution in [0.1, 0.15) is 44.8 Å². The SMILES string of the molecule is CN(C)C(=O)c1cnc(C2(C)CCN(C(=O)c3cnc4ccccc4c3)CC2)s1. The van der Waals surface area contributed by atoms with E-state index in [1.807, 2.05) is 35.2 Å². The van der Waals surface area contributed by atoms with Gasteiger partial charge in [0.05, 0.1) is 22.3 Å². The van der Waals surface area contributed by atoms with Crippen molar-refractivity contribution in [2.45, 2.75) is 25.2 Å². The molecule has 3 aromatic rings. The van der Waals surface area contributed by atoms with E-state index in [1.54, 1.807) is 31.4 Å². The molecule has 6 nitrogen and oxygen atoms in total. The van der Waals surface area contributed by atoms with Gasteiger partial charge >= 0.3 is 0 Å². The molecule has 0 saturated carbocycles. The highest BCUT2D eigenvalue weighted by Gasteiger charge is 2.36. The van der Waals surface area contributed by atoms with Crippen molar-refractivity contribution in [2.75, 3.05) is 27.2 Å². The van der Waals surface area contributed by atoms with Gasteiger partial charge in [0, 0.05) is 44.2 Å². The number of carbonyl (C=O) groups excluding carboxylic acids is 2. The Morgan fingerprint density at radius 1 is 1.10 bits per heavy atom. The molecule has 2 aromatic heterocycles. The first-order valence-electron chi connectivity index (χ1n) is 9.69. The zero-order valence-electron chi connectivity index (χ0n) is 16.9. The number of amides is 2. The number of fused-ring (bicyclic) bond motifs is 1. The molecule has 0 bridgehead atoms. The predicted octanol–water partition coefficient (Wildman–Crippen LogP) is 3.59. The van der Waals surface area contributed by atoms with Gasteiger partial charge in [-0.15, -0.1) is 11.3 Å². The molecule has 0 atom stereocenters. The van der Waals surface area contributed by atoms with Crippen molar-refractivity contribution < 1.29 is 9.59 Å². The maximum absolute atomic E-state index is 13.0. The summed E-state index contributed by atoms with van der Waals surface area (Å²) in [4.78, 5) is 38.2. The quantitative estimate of drug-likeness (QED) is 0.664. The van der Waals surface area contributed by atoms with E-state index in [0.29, 0.717) is 23.5 Å². The van der Waals surface area contributed by atoms with E-state index in [2.05, 4.69) is 16.9 Å². The highest BCUT2D eigenvalue weighted by molar-refractivity contribution is 7.13. The Hall–Kier alpha value is -2.80. The standard InChI is InChI=1S/C22H24N4O2S/c1-22(21-24-14-18(29-21)20(28)25(2)3)8-10-26(11-9-22)19(27)16-12-15-6-4-5-7-17(15)23-13-16/h4-7,12-14H,8-11H2,1-3H3. The van der Waals surface area contributed by atoms with Gasteiger partial charge in [-0.25, -0.2) is 4.98 Å². The normalized spacial score (nSPS) is 16.0. The van der Waals surface area contributed by atoms with Gasteiger partial charge in [0.1, 0.15) is 4.88 Å². The number of para-hydroxylation sites is 1. The Labute approximate surface area is 174 Å². The van der Waals surface area contributed by atoms with Gasteiger partial charge in [0.15, 0.2) is 0 Å². The first-order chi connectivity index (χ1) is 13.9. The molecule has 0 aliphatic carbocycles. The monoisotopic (exact) mass is 408 g/mol. The first kappa shape index (κ1) is 19.5. The van der Waals surface area contributed by atoms with Gasteiger partial charge in [-0.05, 0) is 25.0 Å². The number of likely N-dealkylation sites (tertiary alicyclic amines) is 1. The molecule has 4 rings (SSSR count). The molecule has 1 aliphatic heterocycles. The summed E-state index contributed by atoms with van der Waals surface area (Å²) in [7, 11) is 3.49. The lowest BCUT2D eigenvalue weighted by molar-refractivity contribution is 0.0675. The van der Waals surface area contributed by atoms with Crippen LogP contribution in [0, 0.1) is 0 Å². The molecular formula is C22H24N4O2S. The van der Waals surface area contributed by atoms with Gasteiger partial charge in [0.2, 0.25) is 0 Å². The molecule has 0 spiro atoms. The number of hydrogen-bond acceptors (Lipinski definition) is 5. The molecule has 7 heteroatoms. The van der Waals surface area contributed by atoms with Gasteiger partial charge in [-0.1, -0.05) is 25.1 Å². The fourth-order valence-corrected chi connectivity index (χ4v) is 4.80. The predicted molar refractivity (Wildman–Crippen MR) is 114 cm³/mol. The maximum Gasteiger partial charge on any atom is 0.265 e. The van der Waals surface area contributed by atoms with Crippen LogP contribution in [0.15, 0.2) is 42.7 Å². The Balaban J connectivity index is 1.46. The zero-order valence-corrected chi connectivity index (χ0v) is 17.7. The van der Waals surface area contributed by atoms with E-state index >= 15 is 0 Å². The second kappa shape index (κ2) is 7.55. The fraction of sp³-hybridized carbons (Fsp3) is 0.364. The summed E-state index contributed by atoms with van der Waals surface area (Å²) in [6.45, 7) is 3.51. The number of benzene rings is 1. The molecule has 29 heavy (non-hydrogen) atoms. The van der Waals surface area contributed by atoms with Crippen molar-refractivity contribution >= 4 is 34.1 Å². The lowest BCUT2D eigenvalue weighted by atomic mass is 9.81. The lowest BCUT2D eigenvalue weighted by Gasteiger charge is -2.38. The van der Waals surface area contributed by atoms with Crippen molar-refractivity contribution in [2.24, 2.45) is 0 Å². The van der Waals surface area contributed by atoms with Crippen LogP contribution in [0.5, 0.6) is 0 Å². The fourth-order valence-electron chi connectivity index (χ4n) is 3.66. The molecule has 150 valence electrons. The van der Waals surface area contributed by atoms with Crippen LogP contribution in [0.25, 0.3) is 10.9 Å². The van der Waals surface area contributed by atoms with Crippen molar-refractivity contribution in [3.63, 3.8) is 0 Å². The average Bonchev–Trinajstić information content (AvgIpc) is 3.24. The molecule has 1 aromatic carbocycles. The lowest BCUT2D eigenvalue weighted by Crippen LogP contribution is -2.43. The van der Waals surface area contributed by atoms with Crippen LogP contribution in [0.4, 0.5) is 0 Å². The van der Waals surface area contributed by atoms with Gasteiger partial charge in [-0.2, -0.15) is 0 Å². The van der Waals surface area contributed by atoms with Gasteiger partial charge in [-0.3, -0.25) is 14.6 Å². The number of carbonyl (C=O) groups is 2. The van der Waals surface area contributed by atoms with E-state index in [9.17, 15) is 9.59 Å². The van der Waals surface area contributed by atoms with Crippen molar-refractivity contribution in [3.05, 3.63) is 58.2 Å². The number of thiazole rings is 1. The van der Waals surface area contributed by atoms with Crippen molar-refractivity contribution in [1.82, 2.24) is 19.8 Å². The summed E-state index contributed by atoms with van der Waals surface area (Å²) in [5, 5.41) is 1.95. The molecule has 0 unspecified atom stereocenters. The molecule has 1 fully saturated rings. The third kappa shape index (κ3) is 3.74. The molecule has 1 aliphatic rings. The first-order valence-corrected chi connectivity index (χ1v) is 10.5. The van der Waals surface area contributed by atoms with E-state index in [1.165, 1.54) is 11.3 Å². The Morgan fingerprint density at radius 3 is 2.55 bits per heavy atom. The summed E-state index contributed by atoms with van der Waals surface area (Å²) < 4.78 is 0. The maximum atomic E-state index is 13.0. The summed E-state index contributed by atoms with van der Waals surface area (Å²) in [5.41, 5.74) is 1.40. The molecule has 2 amide bonds. The molecule has 3 heterocycles. The van der Waals surface area contributed by atoms with Crippen LogP contribution in [0.2, 0.25) is 0 Å². The Morgan fingerprint density at radius 2 is 1.83 bits per heavy atom. The molecular weight excluding hydrogens is 384 g/mol. The summed E-state index contributed by atoms with van der Waals surface area (Å²) in [6, 6.07) is 9.73. The highest BCUT2D eigenvalue weighted by Crippen LogP contribution is 2.37. The summed E-state index contributed by atoms with van der Waals surface area (Å²) in [5.74, 6) is 0.00156. The van der Waals surface area contributed by atoms with Crippen LogP contribution in [-0.4, -0.2) is 58.8 Å². The smallest absolute Gasteiger partial charge is 0.265 e. The molecule has 0 N–H and O–H groups in total. The average molecular weight is 409 g/mol.